The molecule has 3 atom stereocenters. The average Bonchev–Trinajstić information content (AvgIpc) is 3.26. The van der Waals surface area contributed by atoms with Crippen LogP contribution in [0.2, 0.25) is 0 Å². The highest BCUT2D eigenvalue weighted by molar-refractivity contribution is 5.77. The fourth-order valence-electron chi connectivity index (χ4n) is 7.50. The van der Waals surface area contributed by atoms with Crippen molar-refractivity contribution in [3.05, 3.63) is 85.1 Å². The molecule has 0 bridgehead atoms. The molecule has 3 N–H and O–H groups in total. The third-order valence-electron chi connectivity index (χ3n) is 11.4. The Labute approximate surface area is 383 Å². The highest BCUT2D eigenvalue weighted by atomic mass is 16.5. The Kier molecular flexibility index (Phi) is 46.7. The molecular weight excluding hydrogens is 767 g/mol. The van der Waals surface area contributed by atoms with Crippen LogP contribution in [-0.2, 0) is 14.3 Å². The van der Waals surface area contributed by atoms with Crippen molar-refractivity contribution in [2.75, 3.05) is 6.61 Å². The Balaban J connectivity index is 4.60. The zero-order valence-corrected chi connectivity index (χ0v) is 40.5. The van der Waals surface area contributed by atoms with Gasteiger partial charge in [-0.1, -0.05) is 241 Å². The maximum atomic E-state index is 13.2. The highest BCUT2D eigenvalue weighted by Crippen LogP contribution is 2.17. The van der Waals surface area contributed by atoms with E-state index in [0.717, 1.165) is 96.3 Å². The second-order valence-corrected chi connectivity index (χ2v) is 17.3. The molecule has 0 rings (SSSR count). The summed E-state index contributed by atoms with van der Waals surface area (Å²) >= 11 is 0. The summed E-state index contributed by atoms with van der Waals surface area (Å²) in [4.78, 5) is 26.1. The van der Waals surface area contributed by atoms with Crippen molar-refractivity contribution in [2.45, 2.75) is 251 Å². The van der Waals surface area contributed by atoms with Crippen LogP contribution in [0.3, 0.4) is 0 Å². The number of aliphatic hydroxyl groups is 2. The largest absolute Gasteiger partial charge is 0.462 e. The lowest BCUT2D eigenvalue weighted by molar-refractivity contribution is -0.151. The summed E-state index contributed by atoms with van der Waals surface area (Å²) in [5.41, 5.74) is 0. The molecule has 1 amide bonds. The lowest BCUT2D eigenvalue weighted by atomic mass is 10.0. The molecule has 0 aromatic heterocycles. The molecule has 0 heterocycles. The van der Waals surface area contributed by atoms with Crippen molar-refractivity contribution >= 4 is 11.9 Å². The SMILES string of the molecule is CC/C=C/C=C/C=C\CCCCCCCC(=O)OC(CCCCC\C=C/C=C/C=C/C=C/CC)CC(=O)NC(CO)C(O)CCCCCCCCCCCCCCCCCCC. The molecular formula is C56H97NO5. The molecule has 0 saturated heterocycles. The number of esters is 1. The molecule has 0 aliphatic rings. The van der Waals surface area contributed by atoms with Crippen LogP contribution in [-0.4, -0.2) is 46.9 Å². The third kappa shape index (κ3) is 43.7. The van der Waals surface area contributed by atoms with Gasteiger partial charge in [0.2, 0.25) is 5.91 Å². The van der Waals surface area contributed by atoms with Crippen molar-refractivity contribution in [3.63, 3.8) is 0 Å². The molecule has 0 spiro atoms. The molecule has 6 nitrogen and oxygen atoms in total. The van der Waals surface area contributed by atoms with E-state index >= 15 is 0 Å². The normalized spacial score (nSPS) is 14.0. The number of ether oxygens (including phenoxy) is 1. The Morgan fingerprint density at radius 1 is 0.484 bits per heavy atom. The second-order valence-electron chi connectivity index (χ2n) is 17.3. The number of hydrogen-bond acceptors (Lipinski definition) is 5. The van der Waals surface area contributed by atoms with Crippen LogP contribution >= 0.6 is 0 Å². The molecule has 0 saturated carbocycles. The van der Waals surface area contributed by atoms with Gasteiger partial charge in [0.25, 0.3) is 0 Å². The van der Waals surface area contributed by atoms with Gasteiger partial charge in [-0.25, -0.2) is 0 Å². The van der Waals surface area contributed by atoms with E-state index < -0.39 is 18.2 Å². The monoisotopic (exact) mass is 864 g/mol. The first-order chi connectivity index (χ1) is 30.5. The van der Waals surface area contributed by atoms with Gasteiger partial charge in [0.1, 0.15) is 6.10 Å². The van der Waals surface area contributed by atoms with Gasteiger partial charge in [0.15, 0.2) is 0 Å². The zero-order valence-electron chi connectivity index (χ0n) is 40.5. The summed E-state index contributed by atoms with van der Waals surface area (Å²) in [7, 11) is 0. The molecule has 62 heavy (non-hydrogen) atoms. The van der Waals surface area contributed by atoms with Crippen LogP contribution in [0.25, 0.3) is 0 Å². The average molecular weight is 864 g/mol. The molecule has 0 aromatic carbocycles. The van der Waals surface area contributed by atoms with E-state index in [1.165, 1.54) is 89.9 Å². The number of amides is 1. The Hall–Kier alpha value is -2.96. The lowest BCUT2D eigenvalue weighted by Crippen LogP contribution is -2.46. The van der Waals surface area contributed by atoms with E-state index in [4.69, 9.17) is 4.74 Å². The lowest BCUT2D eigenvalue weighted by Gasteiger charge is -2.24. The standard InChI is InChI=1S/C56H97NO5/c1-4-7-10-13-16-19-22-25-26-27-28-31-33-36-39-42-45-48-54(59)53(51-58)57-55(60)50-52(47-44-41-38-35-32-29-23-20-17-14-11-8-5-2)62-56(61)49-46-43-40-37-34-30-24-21-18-15-12-9-6-3/h8-9,11-12,14-15,17-18,20-21,23-24,29,32,52-54,58-59H,4-7,10,13,16,19,22,25-28,30-31,33-51H2,1-3H3,(H,57,60)/b11-8+,12-9+,17-14+,18-15+,23-20+,24-21-,32-29-. The minimum Gasteiger partial charge on any atom is -0.462 e. The van der Waals surface area contributed by atoms with Gasteiger partial charge < -0.3 is 20.3 Å². The molecule has 3 unspecified atom stereocenters. The molecule has 356 valence electrons. The van der Waals surface area contributed by atoms with Gasteiger partial charge in [0, 0.05) is 6.42 Å². The number of nitrogens with one attached hydrogen (secondary N) is 1. The van der Waals surface area contributed by atoms with Crippen molar-refractivity contribution in [3.8, 4) is 0 Å². The summed E-state index contributed by atoms with van der Waals surface area (Å²) in [5.74, 6) is -0.541. The molecule has 0 aromatic rings. The Morgan fingerprint density at radius 3 is 1.34 bits per heavy atom. The van der Waals surface area contributed by atoms with Crippen LogP contribution in [0.15, 0.2) is 85.1 Å². The van der Waals surface area contributed by atoms with Crippen molar-refractivity contribution in [1.29, 1.82) is 0 Å². The Morgan fingerprint density at radius 2 is 0.871 bits per heavy atom. The summed E-state index contributed by atoms with van der Waals surface area (Å²) in [5, 5.41) is 23.8. The van der Waals surface area contributed by atoms with E-state index in [0.29, 0.717) is 19.3 Å². The van der Waals surface area contributed by atoms with Gasteiger partial charge in [0.05, 0.1) is 25.2 Å². The van der Waals surface area contributed by atoms with Gasteiger partial charge in [-0.15, -0.1) is 0 Å². The molecule has 0 aliphatic carbocycles. The number of allylic oxidation sites excluding steroid dienone is 14. The van der Waals surface area contributed by atoms with Gasteiger partial charge in [-0.05, 0) is 64.2 Å². The van der Waals surface area contributed by atoms with Crippen molar-refractivity contribution in [2.24, 2.45) is 0 Å². The number of hydrogen-bond donors (Lipinski definition) is 3. The zero-order chi connectivity index (χ0) is 45.2. The minimum atomic E-state index is -0.807. The second kappa shape index (κ2) is 49.1. The van der Waals surface area contributed by atoms with Crippen molar-refractivity contribution < 1.29 is 24.5 Å². The van der Waals surface area contributed by atoms with E-state index in [9.17, 15) is 19.8 Å². The minimum absolute atomic E-state index is 0.0390. The quantitative estimate of drug-likeness (QED) is 0.0322. The number of carbonyl (C=O) groups excluding carboxylic acids is 2. The predicted octanol–water partition coefficient (Wildman–Crippen LogP) is 15.6. The summed E-state index contributed by atoms with van der Waals surface area (Å²) in [6.07, 6.45) is 63.6. The number of carbonyl (C=O) groups is 2. The van der Waals surface area contributed by atoms with Gasteiger partial charge in [-0.2, -0.15) is 0 Å². The van der Waals surface area contributed by atoms with E-state index in [1.807, 2.05) is 24.3 Å². The molecule has 0 fully saturated rings. The first-order valence-electron chi connectivity index (χ1n) is 25.9. The van der Waals surface area contributed by atoms with Crippen LogP contribution in [0.1, 0.15) is 233 Å². The smallest absolute Gasteiger partial charge is 0.306 e. The summed E-state index contributed by atoms with van der Waals surface area (Å²) in [6, 6.07) is -0.723. The number of rotatable bonds is 45. The first-order valence-corrected chi connectivity index (χ1v) is 25.9. The van der Waals surface area contributed by atoms with E-state index in [1.54, 1.807) is 0 Å². The molecule has 0 aliphatic heterocycles. The number of unbranched alkanes of at least 4 members (excludes halogenated alkanes) is 24. The Bertz CT molecular complexity index is 1200. The van der Waals surface area contributed by atoms with Crippen LogP contribution in [0, 0.1) is 0 Å². The topological polar surface area (TPSA) is 95.9 Å². The predicted molar refractivity (Wildman–Crippen MR) is 268 cm³/mol. The van der Waals surface area contributed by atoms with Gasteiger partial charge >= 0.3 is 5.97 Å². The summed E-state index contributed by atoms with van der Waals surface area (Å²) in [6.45, 7) is 6.20. The third-order valence-corrected chi connectivity index (χ3v) is 11.4. The maximum Gasteiger partial charge on any atom is 0.306 e. The van der Waals surface area contributed by atoms with Crippen LogP contribution < -0.4 is 5.32 Å². The van der Waals surface area contributed by atoms with E-state index in [2.05, 4.69) is 86.8 Å². The first kappa shape index (κ1) is 59.0. The van der Waals surface area contributed by atoms with Crippen molar-refractivity contribution in [1.82, 2.24) is 5.32 Å². The molecule has 6 heteroatoms. The van der Waals surface area contributed by atoms with E-state index in [-0.39, 0.29) is 24.9 Å². The fraction of sp³-hybridized carbons (Fsp3) is 0.714. The summed E-state index contributed by atoms with van der Waals surface area (Å²) < 4.78 is 5.90. The fourth-order valence-corrected chi connectivity index (χ4v) is 7.50. The molecule has 0 radical (unpaired) electrons. The van der Waals surface area contributed by atoms with Crippen LogP contribution in [0.4, 0.5) is 0 Å². The van der Waals surface area contributed by atoms with Gasteiger partial charge in [-0.3, -0.25) is 9.59 Å². The highest BCUT2D eigenvalue weighted by Gasteiger charge is 2.24. The number of aliphatic hydroxyl groups excluding tert-OH is 2. The maximum absolute atomic E-state index is 13.2. The van der Waals surface area contributed by atoms with Crippen LogP contribution in [0.5, 0.6) is 0 Å².